The Morgan fingerprint density at radius 3 is 2.80 bits per heavy atom. The van der Waals surface area contributed by atoms with E-state index in [4.69, 9.17) is 5.11 Å². The minimum absolute atomic E-state index is 0.360. The average Bonchev–Trinajstić information content (AvgIpc) is 2.86. The van der Waals surface area contributed by atoms with Gasteiger partial charge in [-0.25, -0.2) is 4.79 Å². The van der Waals surface area contributed by atoms with Gasteiger partial charge >= 0.3 is 5.97 Å². The number of carboxylic acid groups (broad SMARTS) is 1. The number of nitrogens with one attached hydrogen (secondary N) is 1. The topological polar surface area (TPSA) is 49.3 Å². The van der Waals surface area contributed by atoms with Crippen LogP contribution in [0.3, 0.4) is 0 Å². The highest BCUT2D eigenvalue weighted by atomic mass is 32.1. The van der Waals surface area contributed by atoms with E-state index in [1.807, 2.05) is 22.9 Å². The lowest BCUT2D eigenvalue weighted by Gasteiger charge is -1.94. The number of aromatic carboxylic acids is 1. The largest absolute Gasteiger partial charge is 0.477 e. The number of rotatable bonds is 3. The van der Waals surface area contributed by atoms with Crippen molar-refractivity contribution < 1.29 is 9.90 Å². The van der Waals surface area contributed by atoms with Gasteiger partial charge in [-0.05, 0) is 22.9 Å². The lowest BCUT2D eigenvalue weighted by atomic mass is 10.2. The van der Waals surface area contributed by atoms with Gasteiger partial charge in [-0.1, -0.05) is 0 Å². The van der Waals surface area contributed by atoms with Gasteiger partial charge in [0, 0.05) is 17.5 Å². The molecule has 0 saturated carbocycles. The molecule has 5 heteroatoms. The van der Waals surface area contributed by atoms with Crippen LogP contribution in [0.2, 0.25) is 0 Å². The molecule has 0 fully saturated rings. The van der Waals surface area contributed by atoms with Crippen molar-refractivity contribution in [3.05, 3.63) is 27.8 Å². The number of hydrogen-bond acceptors (Lipinski definition) is 4. The predicted octanol–water partition coefficient (Wildman–Crippen LogP) is 3.22. The summed E-state index contributed by atoms with van der Waals surface area (Å²) in [6.45, 7) is 0. The fourth-order valence-electron chi connectivity index (χ4n) is 1.28. The van der Waals surface area contributed by atoms with Gasteiger partial charge in [0.2, 0.25) is 0 Å². The Morgan fingerprint density at radius 2 is 2.33 bits per heavy atom. The molecule has 0 radical (unpaired) electrons. The number of anilines is 1. The van der Waals surface area contributed by atoms with Crippen LogP contribution in [0.1, 0.15) is 9.67 Å². The average molecular weight is 239 g/mol. The molecular weight excluding hydrogens is 230 g/mol. The summed E-state index contributed by atoms with van der Waals surface area (Å²) in [5, 5.41) is 15.9. The van der Waals surface area contributed by atoms with Crippen molar-refractivity contribution in [2.45, 2.75) is 0 Å². The van der Waals surface area contributed by atoms with Gasteiger partial charge in [-0.3, -0.25) is 0 Å². The summed E-state index contributed by atoms with van der Waals surface area (Å²) in [6, 6.07) is 3.86. The smallest absolute Gasteiger partial charge is 0.348 e. The van der Waals surface area contributed by atoms with Crippen molar-refractivity contribution in [1.29, 1.82) is 0 Å². The summed E-state index contributed by atoms with van der Waals surface area (Å²) in [7, 11) is 1.73. The van der Waals surface area contributed by atoms with Crippen LogP contribution in [0.15, 0.2) is 22.9 Å². The van der Waals surface area contributed by atoms with Gasteiger partial charge in [0.25, 0.3) is 0 Å². The zero-order chi connectivity index (χ0) is 10.8. The first-order valence-electron chi connectivity index (χ1n) is 4.30. The normalized spacial score (nSPS) is 10.2. The Bertz CT molecular complexity index is 474. The molecule has 0 saturated heterocycles. The van der Waals surface area contributed by atoms with Crippen LogP contribution in [0.5, 0.6) is 0 Å². The highest BCUT2D eigenvalue weighted by Gasteiger charge is 2.15. The van der Waals surface area contributed by atoms with Gasteiger partial charge in [0.1, 0.15) is 4.88 Å². The summed E-state index contributed by atoms with van der Waals surface area (Å²) in [5.41, 5.74) is 1.75. The fraction of sp³-hybridized carbons (Fsp3) is 0.100. The van der Waals surface area contributed by atoms with E-state index in [1.54, 1.807) is 18.4 Å². The quantitative estimate of drug-likeness (QED) is 0.864. The molecule has 0 unspecified atom stereocenters. The maximum absolute atomic E-state index is 10.9. The molecule has 2 aromatic heterocycles. The van der Waals surface area contributed by atoms with Crippen LogP contribution in [0.4, 0.5) is 5.69 Å². The van der Waals surface area contributed by atoms with E-state index in [9.17, 15) is 4.79 Å². The first-order chi connectivity index (χ1) is 7.22. The number of carbonyl (C=O) groups is 1. The van der Waals surface area contributed by atoms with E-state index < -0.39 is 5.97 Å². The van der Waals surface area contributed by atoms with E-state index in [2.05, 4.69) is 5.32 Å². The number of carboxylic acids is 1. The third-order valence-electron chi connectivity index (χ3n) is 2.00. The molecule has 0 amide bonds. The Morgan fingerprint density at radius 1 is 1.53 bits per heavy atom. The van der Waals surface area contributed by atoms with Gasteiger partial charge in [-0.15, -0.1) is 11.3 Å². The summed E-state index contributed by atoms with van der Waals surface area (Å²) in [6.07, 6.45) is 0. The monoisotopic (exact) mass is 239 g/mol. The number of hydrogen-bond donors (Lipinski definition) is 2. The third kappa shape index (κ3) is 1.88. The molecule has 0 spiro atoms. The molecule has 15 heavy (non-hydrogen) atoms. The van der Waals surface area contributed by atoms with Crippen molar-refractivity contribution in [2.75, 3.05) is 12.4 Å². The van der Waals surface area contributed by atoms with E-state index in [-0.39, 0.29) is 0 Å². The van der Waals surface area contributed by atoms with Crippen LogP contribution >= 0.6 is 22.7 Å². The van der Waals surface area contributed by atoms with E-state index >= 15 is 0 Å². The van der Waals surface area contributed by atoms with Gasteiger partial charge in [-0.2, -0.15) is 11.3 Å². The molecule has 2 aromatic rings. The molecule has 78 valence electrons. The second kappa shape index (κ2) is 4.04. The second-order valence-electron chi connectivity index (χ2n) is 2.92. The Labute approximate surface area is 95.0 Å². The summed E-state index contributed by atoms with van der Waals surface area (Å²) in [4.78, 5) is 12.3. The molecule has 0 aliphatic carbocycles. The summed E-state index contributed by atoms with van der Waals surface area (Å²) in [5.74, 6) is -0.883. The SMILES string of the molecule is CNc1cc(-c2ccsc2)sc1C(=O)O. The zero-order valence-electron chi connectivity index (χ0n) is 7.98. The summed E-state index contributed by atoms with van der Waals surface area (Å²) < 4.78 is 0. The first kappa shape index (κ1) is 10.2. The standard InChI is InChI=1S/C10H9NO2S2/c1-11-7-4-8(6-2-3-14-5-6)15-9(7)10(12)13/h2-5,11H,1H3,(H,12,13). The zero-order valence-corrected chi connectivity index (χ0v) is 9.61. The molecular formula is C10H9NO2S2. The van der Waals surface area contributed by atoms with Crippen LogP contribution < -0.4 is 5.32 Å². The first-order valence-corrected chi connectivity index (χ1v) is 6.05. The van der Waals surface area contributed by atoms with Crippen molar-refractivity contribution in [1.82, 2.24) is 0 Å². The number of thiophene rings is 2. The third-order valence-corrected chi connectivity index (χ3v) is 3.86. The lowest BCUT2D eigenvalue weighted by molar-refractivity contribution is 0.0703. The van der Waals surface area contributed by atoms with E-state index in [0.29, 0.717) is 10.6 Å². The van der Waals surface area contributed by atoms with Crippen molar-refractivity contribution in [3.8, 4) is 10.4 Å². The fourth-order valence-corrected chi connectivity index (χ4v) is 3.01. The van der Waals surface area contributed by atoms with Gasteiger partial charge < -0.3 is 10.4 Å². The minimum atomic E-state index is -0.883. The maximum Gasteiger partial charge on any atom is 0.348 e. The predicted molar refractivity (Wildman–Crippen MR) is 64.1 cm³/mol. The van der Waals surface area contributed by atoms with Crippen LogP contribution in [0.25, 0.3) is 10.4 Å². The molecule has 0 atom stereocenters. The highest BCUT2D eigenvalue weighted by Crippen LogP contribution is 2.35. The molecule has 2 rings (SSSR count). The highest BCUT2D eigenvalue weighted by molar-refractivity contribution is 7.18. The van der Waals surface area contributed by atoms with Gasteiger partial charge in [0.15, 0.2) is 0 Å². The molecule has 3 nitrogen and oxygen atoms in total. The van der Waals surface area contributed by atoms with Crippen LogP contribution in [0, 0.1) is 0 Å². The molecule has 0 aromatic carbocycles. The van der Waals surface area contributed by atoms with Crippen LogP contribution in [-0.4, -0.2) is 18.1 Å². The second-order valence-corrected chi connectivity index (χ2v) is 4.75. The lowest BCUT2D eigenvalue weighted by Crippen LogP contribution is -1.97. The van der Waals surface area contributed by atoms with Crippen molar-refractivity contribution in [3.63, 3.8) is 0 Å². The van der Waals surface area contributed by atoms with E-state index in [0.717, 1.165) is 10.4 Å². The Kier molecular flexibility index (Phi) is 2.75. The molecule has 2 heterocycles. The van der Waals surface area contributed by atoms with E-state index in [1.165, 1.54) is 11.3 Å². The molecule has 0 aliphatic rings. The maximum atomic E-state index is 10.9. The van der Waals surface area contributed by atoms with Crippen LogP contribution in [-0.2, 0) is 0 Å². The van der Waals surface area contributed by atoms with Gasteiger partial charge in [0.05, 0.1) is 5.69 Å². The van der Waals surface area contributed by atoms with Crippen molar-refractivity contribution >= 4 is 34.3 Å². The minimum Gasteiger partial charge on any atom is -0.477 e. The molecule has 0 bridgehead atoms. The molecule has 2 N–H and O–H groups in total. The Balaban J connectivity index is 2.48. The Hall–Kier alpha value is -1.33. The molecule has 0 aliphatic heterocycles. The summed E-state index contributed by atoms with van der Waals surface area (Å²) >= 11 is 2.90. The van der Waals surface area contributed by atoms with Crippen molar-refractivity contribution in [2.24, 2.45) is 0 Å².